The Morgan fingerprint density at radius 2 is 1.89 bits per heavy atom. The summed E-state index contributed by atoms with van der Waals surface area (Å²) in [6.45, 7) is 1.76. The van der Waals surface area contributed by atoms with Crippen molar-refractivity contribution in [3.8, 4) is 5.75 Å². The first-order valence-electron chi connectivity index (χ1n) is 8.71. The predicted molar refractivity (Wildman–Crippen MR) is 104 cm³/mol. The first kappa shape index (κ1) is 17.7. The average molecular weight is 380 g/mol. The maximum atomic E-state index is 13.4. The van der Waals surface area contributed by atoms with Gasteiger partial charge >= 0.3 is 5.96 Å². The van der Waals surface area contributed by atoms with Crippen LogP contribution in [0.5, 0.6) is 5.75 Å². The van der Waals surface area contributed by atoms with Gasteiger partial charge in [-0.2, -0.15) is 0 Å². The van der Waals surface area contributed by atoms with E-state index < -0.39 is 6.17 Å². The third-order valence-electron chi connectivity index (χ3n) is 4.40. The lowest BCUT2D eigenvalue weighted by molar-refractivity contribution is -0.520. The number of guanidine groups is 1. The van der Waals surface area contributed by atoms with Crippen LogP contribution in [0.25, 0.3) is 0 Å². The van der Waals surface area contributed by atoms with Crippen molar-refractivity contribution in [1.29, 1.82) is 0 Å². The van der Waals surface area contributed by atoms with Crippen LogP contribution in [0, 0.1) is 12.7 Å². The minimum Gasteiger partial charge on any atom is -0.497 e. The summed E-state index contributed by atoms with van der Waals surface area (Å²) >= 11 is 0. The number of aromatic nitrogens is 2. The number of benzene rings is 2. The fourth-order valence-corrected chi connectivity index (χ4v) is 3.06. The Hall–Kier alpha value is -3.68. The van der Waals surface area contributed by atoms with E-state index in [4.69, 9.17) is 4.74 Å². The van der Waals surface area contributed by atoms with Crippen LogP contribution in [0.15, 0.2) is 59.4 Å². The van der Waals surface area contributed by atoms with Gasteiger partial charge in [-0.3, -0.25) is 9.79 Å². The fraction of sp³-hybridized carbons (Fsp3) is 0.150. The smallest absolute Gasteiger partial charge is 0.357 e. The Labute approximate surface area is 160 Å². The van der Waals surface area contributed by atoms with Gasteiger partial charge in [0.1, 0.15) is 11.6 Å². The normalized spacial score (nSPS) is 15.2. The third kappa shape index (κ3) is 3.44. The van der Waals surface area contributed by atoms with Gasteiger partial charge in [-0.15, -0.1) is 0 Å². The van der Waals surface area contributed by atoms with Crippen molar-refractivity contribution in [2.45, 2.75) is 13.1 Å². The van der Waals surface area contributed by atoms with Crippen molar-refractivity contribution in [2.24, 2.45) is 0 Å². The second-order valence-corrected chi connectivity index (χ2v) is 6.38. The number of hydrogen-bond donors (Lipinski definition) is 3. The predicted octanol–water partition coefficient (Wildman–Crippen LogP) is 1.22. The summed E-state index contributed by atoms with van der Waals surface area (Å²) in [4.78, 5) is 20.3. The molecule has 1 atom stereocenters. The van der Waals surface area contributed by atoms with Crippen molar-refractivity contribution in [3.63, 3.8) is 0 Å². The molecular weight excluding hydrogens is 361 g/mol. The Morgan fingerprint density at radius 1 is 1.18 bits per heavy atom. The molecule has 0 amide bonds. The molecule has 1 aromatic heterocycles. The molecule has 28 heavy (non-hydrogen) atoms. The number of ether oxygens (including phenoxy) is 1. The molecule has 8 heteroatoms. The zero-order valence-electron chi connectivity index (χ0n) is 15.4. The summed E-state index contributed by atoms with van der Waals surface area (Å²) in [5, 5.41) is 6.34. The average Bonchev–Trinajstić information content (AvgIpc) is 2.68. The minimum absolute atomic E-state index is 0.208. The van der Waals surface area contributed by atoms with Crippen LogP contribution in [-0.2, 0) is 0 Å². The molecule has 1 aliphatic rings. The van der Waals surface area contributed by atoms with Crippen molar-refractivity contribution < 1.29 is 14.1 Å². The summed E-state index contributed by atoms with van der Waals surface area (Å²) in [5.74, 6) is 1.36. The number of nitrogens with one attached hydrogen (secondary N) is 3. The fourth-order valence-electron chi connectivity index (χ4n) is 3.06. The summed E-state index contributed by atoms with van der Waals surface area (Å²) in [6, 6.07) is 14.9. The summed E-state index contributed by atoms with van der Waals surface area (Å²) in [5.41, 5.74) is 1.94. The van der Waals surface area contributed by atoms with Gasteiger partial charge in [0, 0.05) is 17.3 Å². The molecule has 1 aliphatic heterocycles. The molecule has 4 rings (SSSR count). The Bertz CT molecular complexity index is 1090. The number of methoxy groups -OCH3 is 1. The lowest BCUT2D eigenvalue weighted by Crippen LogP contribution is -2.82. The van der Waals surface area contributed by atoms with Gasteiger partial charge in [-0.05, 0) is 43.3 Å². The summed E-state index contributed by atoms with van der Waals surface area (Å²) in [7, 11) is 1.61. The van der Waals surface area contributed by atoms with E-state index in [1.807, 2.05) is 24.3 Å². The van der Waals surface area contributed by atoms with Crippen LogP contribution in [0.3, 0.4) is 0 Å². The molecule has 2 heterocycles. The lowest BCUT2D eigenvalue weighted by Gasteiger charge is -2.23. The molecule has 2 aromatic carbocycles. The van der Waals surface area contributed by atoms with E-state index in [0.29, 0.717) is 17.6 Å². The molecule has 0 saturated carbocycles. The molecule has 142 valence electrons. The van der Waals surface area contributed by atoms with Crippen LogP contribution in [0.1, 0.15) is 17.4 Å². The van der Waals surface area contributed by atoms with E-state index in [1.165, 1.54) is 22.8 Å². The van der Waals surface area contributed by atoms with Gasteiger partial charge < -0.3 is 4.74 Å². The topological polar surface area (TPSA) is 82.2 Å². The SMILES string of the molecule is COc1ccc(NC2=[NH+][C@@H](c3ccc(F)cc3)n3c(nc(C)cc3=O)N2)cc1. The summed E-state index contributed by atoms with van der Waals surface area (Å²) < 4.78 is 20.0. The quantitative estimate of drug-likeness (QED) is 0.637. The monoisotopic (exact) mass is 380 g/mol. The van der Waals surface area contributed by atoms with Gasteiger partial charge in [0.25, 0.3) is 11.5 Å². The van der Waals surface area contributed by atoms with Crippen LogP contribution in [-0.4, -0.2) is 22.6 Å². The second kappa shape index (κ2) is 7.15. The van der Waals surface area contributed by atoms with E-state index in [1.54, 1.807) is 26.2 Å². The number of fused-ring (bicyclic) bond motifs is 1. The Balaban J connectivity index is 1.75. The molecule has 0 aliphatic carbocycles. The third-order valence-corrected chi connectivity index (χ3v) is 4.40. The molecular formula is C20H19FN5O2+. The molecule has 7 nitrogen and oxygen atoms in total. The van der Waals surface area contributed by atoms with Gasteiger partial charge in [0.15, 0.2) is 6.17 Å². The number of rotatable bonds is 3. The number of halogens is 1. The van der Waals surface area contributed by atoms with E-state index in [9.17, 15) is 9.18 Å². The van der Waals surface area contributed by atoms with E-state index >= 15 is 0 Å². The van der Waals surface area contributed by atoms with Crippen molar-refractivity contribution in [2.75, 3.05) is 17.7 Å². The maximum absolute atomic E-state index is 13.4. The summed E-state index contributed by atoms with van der Waals surface area (Å²) in [6.07, 6.45) is -0.543. The Morgan fingerprint density at radius 3 is 2.57 bits per heavy atom. The second-order valence-electron chi connectivity index (χ2n) is 6.38. The molecule has 0 spiro atoms. The van der Waals surface area contributed by atoms with Crippen LogP contribution >= 0.6 is 0 Å². The standard InChI is InChI=1S/C20H18FN5O2/c1-12-11-17(27)26-18(13-3-5-14(21)6-4-13)24-19(25-20(26)22-12)23-15-7-9-16(28-2)10-8-15/h3-11,18H,1-2H3,(H2,22,23,24,25)/p+1/t18-/m1/s1. The molecule has 3 aromatic rings. The van der Waals surface area contributed by atoms with Gasteiger partial charge in [0.2, 0.25) is 0 Å². The molecule has 0 saturated heterocycles. The first-order chi connectivity index (χ1) is 13.5. The Kier molecular flexibility index (Phi) is 4.52. The molecule has 0 unspecified atom stereocenters. The van der Waals surface area contributed by atoms with Crippen molar-refractivity contribution in [3.05, 3.63) is 82.0 Å². The van der Waals surface area contributed by atoms with Crippen LogP contribution < -0.4 is 25.9 Å². The minimum atomic E-state index is -0.543. The van der Waals surface area contributed by atoms with E-state index in [2.05, 4.69) is 20.6 Å². The highest BCUT2D eigenvalue weighted by Crippen LogP contribution is 2.18. The number of anilines is 2. The van der Waals surface area contributed by atoms with E-state index in [0.717, 1.165) is 17.0 Å². The molecule has 0 fully saturated rings. The maximum Gasteiger partial charge on any atom is 0.357 e. The molecule has 0 radical (unpaired) electrons. The highest BCUT2D eigenvalue weighted by Gasteiger charge is 2.29. The van der Waals surface area contributed by atoms with Gasteiger partial charge in [-0.25, -0.2) is 24.6 Å². The van der Waals surface area contributed by atoms with Gasteiger partial charge in [-0.1, -0.05) is 12.1 Å². The van der Waals surface area contributed by atoms with Crippen molar-refractivity contribution in [1.82, 2.24) is 9.55 Å². The number of nitrogens with zero attached hydrogens (tertiary/aromatic N) is 2. The molecule has 3 N–H and O–H groups in total. The molecule has 0 bridgehead atoms. The lowest BCUT2D eigenvalue weighted by atomic mass is 10.1. The largest absolute Gasteiger partial charge is 0.497 e. The van der Waals surface area contributed by atoms with E-state index in [-0.39, 0.29) is 11.4 Å². The number of aryl methyl sites for hydroxylation is 1. The van der Waals surface area contributed by atoms with Crippen LogP contribution in [0.2, 0.25) is 0 Å². The van der Waals surface area contributed by atoms with Crippen molar-refractivity contribution >= 4 is 17.6 Å². The zero-order valence-corrected chi connectivity index (χ0v) is 15.4. The highest BCUT2D eigenvalue weighted by atomic mass is 19.1. The zero-order chi connectivity index (χ0) is 19.7. The highest BCUT2D eigenvalue weighted by molar-refractivity contribution is 5.99. The first-order valence-corrected chi connectivity index (χ1v) is 8.71. The van der Waals surface area contributed by atoms with Crippen LogP contribution in [0.4, 0.5) is 16.0 Å². The number of hydrogen-bond acceptors (Lipinski definition) is 5. The van der Waals surface area contributed by atoms with Gasteiger partial charge in [0.05, 0.1) is 12.8 Å².